The molecule has 9 heteroatoms. The van der Waals surface area contributed by atoms with Gasteiger partial charge in [-0.05, 0) is 39.0 Å². The van der Waals surface area contributed by atoms with Gasteiger partial charge in [-0.1, -0.05) is 11.6 Å². The molecular weight excluding hydrogens is 342 g/mol. The summed E-state index contributed by atoms with van der Waals surface area (Å²) in [6, 6.07) is 3.73. The highest BCUT2D eigenvalue weighted by molar-refractivity contribution is 6.34. The largest absolute Gasteiger partial charge is 0.346 e. The van der Waals surface area contributed by atoms with Gasteiger partial charge in [-0.15, -0.1) is 0 Å². The van der Waals surface area contributed by atoms with Crippen LogP contribution >= 0.6 is 11.6 Å². The third-order valence-corrected chi connectivity index (χ3v) is 3.09. The summed E-state index contributed by atoms with van der Waals surface area (Å²) < 4.78 is 26.2. The van der Waals surface area contributed by atoms with Crippen molar-refractivity contribution in [3.63, 3.8) is 0 Å². The van der Waals surface area contributed by atoms with Crippen LogP contribution in [-0.4, -0.2) is 36.5 Å². The summed E-state index contributed by atoms with van der Waals surface area (Å²) in [7, 11) is 0. The highest BCUT2D eigenvalue weighted by atomic mass is 35.5. The molecule has 1 aromatic rings. The molecule has 0 fully saturated rings. The number of rotatable bonds is 5. The first-order chi connectivity index (χ1) is 10.9. The molecule has 3 amide bonds. The monoisotopic (exact) mass is 362 g/mol. The van der Waals surface area contributed by atoms with Gasteiger partial charge in [0.25, 0.3) is 11.8 Å². The molecular formula is C15H21ClF2N4O2. The van der Waals surface area contributed by atoms with E-state index in [4.69, 9.17) is 17.3 Å². The van der Waals surface area contributed by atoms with E-state index in [0.29, 0.717) is 5.69 Å². The molecule has 0 aliphatic rings. The first-order valence-corrected chi connectivity index (χ1v) is 7.56. The molecule has 0 radical (unpaired) electrons. The van der Waals surface area contributed by atoms with E-state index >= 15 is 0 Å². The SMILES string of the molecule is CC(C)(C)NC(=O)Nc1ccc(Cl)c(C(=O)NCC(F)(F)CN)c1. The second-order valence-corrected chi connectivity index (χ2v) is 6.67. The minimum absolute atomic E-state index is 0.0296. The number of carbonyl (C=O) groups is 2. The van der Waals surface area contributed by atoms with Gasteiger partial charge < -0.3 is 21.7 Å². The van der Waals surface area contributed by atoms with E-state index in [-0.39, 0.29) is 10.6 Å². The lowest BCUT2D eigenvalue weighted by atomic mass is 10.1. The topological polar surface area (TPSA) is 96.2 Å². The zero-order valence-corrected chi connectivity index (χ0v) is 14.4. The van der Waals surface area contributed by atoms with Gasteiger partial charge >= 0.3 is 6.03 Å². The summed E-state index contributed by atoms with van der Waals surface area (Å²) in [6.07, 6.45) is 0. The van der Waals surface area contributed by atoms with E-state index in [0.717, 1.165) is 0 Å². The Morgan fingerprint density at radius 1 is 1.25 bits per heavy atom. The Labute approximate surface area is 144 Å². The highest BCUT2D eigenvalue weighted by Crippen LogP contribution is 2.21. The van der Waals surface area contributed by atoms with Gasteiger partial charge in [-0.2, -0.15) is 0 Å². The lowest BCUT2D eigenvalue weighted by Crippen LogP contribution is -2.43. The summed E-state index contributed by atoms with van der Waals surface area (Å²) in [5, 5.41) is 7.38. The molecule has 0 aliphatic heterocycles. The quantitative estimate of drug-likeness (QED) is 0.648. The van der Waals surface area contributed by atoms with Crippen LogP contribution < -0.4 is 21.7 Å². The number of alkyl halides is 2. The van der Waals surface area contributed by atoms with Crippen LogP contribution in [0, 0.1) is 0 Å². The standard InChI is InChI=1S/C15H21ClF2N4O2/c1-14(2,3)22-13(24)21-9-4-5-11(16)10(6-9)12(23)20-8-15(17,18)7-19/h4-6H,7-8,19H2,1-3H3,(H,20,23)(H2,21,22,24). The van der Waals surface area contributed by atoms with Crippen LogP contribution in [0.2, 0.25) is 5.02 Å². The van der Waals surface area contributed by atoms with Crippen LogP contribution in [-0.2, 0) is 0 Å². The van der Waals surface area contributed by atoms with Crippen molar-refractivity contribution in [1.82, 2.24) is 10.6 Å². The van der Waals surface area contributed by atoms with Gasteiger partial charge in [0.05, 0.1) is 23.7 Å². The number of nitrogens with one attached hydrogen (secondary N) is 3. The zero-order chi connectivity index (χ0) is 18.5. The highest BCUT2D eigenvalue weighted by Gasteiger charge is 2.27. The molecule has 1 aromatic carbocycles. The zero-order valence-electron chi connectivity index (χ0n) is 13.7. The number of hydrogen-bond acceptors (Lipinski definition) is 3. The number of carbonyl (C=O) groups excluding carboxylic acids is 2. The second kappa shape index (κ2) is 7.76. The molecule has 134 valence electrons. The van der Waals surface area contributed by atoms with Crippen molar-refractivity contribution in [2.75, 3.05) is 18.4 Å². The van der Waals surface area contributed by atoms with Crippen molar-refractivity contribution < 1.29 is 18.4 Å². The fraction of sp³-hybridized carbons (Fsp3) is 0.467. The maximum atomic E-state index is 13.1. The van der Waals surface area contributed by atoms with Crippen LogP contribution in [0.3, 0.4) is 0 Å². The summed E-state index contributed by atoms with van der Waals surface area (Å²) in [5.41, 5.74) is 4.74. The average molecular weight is 363 g/mol. The first-order valence-electron chi connectivity index (χ1n) is 7.18. The smallest absolute Gasteiger partial charge is 0.319 e. The summed E-state index contributed by atoms with van der Waals surface area (Å²) in [4.78, 5) is 23.8. The fourth-order valence-corrected chi connectivity index (χ4v) is 1.86. The number of amides is 3. The first kappa shape index (κ1) is 20.1. The van der Waals surface area contributed by atoms with Crippen LogP contribution in [0.5, 0.6) is 0 Å². The van der Waals surface area contributed by atoms with Crippen molar-refractivity contribution in [2.45, 2.75) is 32.2 Å². The van der Waals surface area contributed by atoms with E-state index in [2.05, 4.69) is 16.0 Å². The molecule has 0 aliphatic carbocycles. The Morgan fingerprint density at radius 2 is 1.88 bits per heavy atom. The number of anilines is 1. The Balaban J connectivity index is 2.82. The van der Waals surface area contributed by atoms with Crippen molar-refractivity contribution >= 4 is 29.2 Å². The number of benzene rings is 1. The van der Waals surface area contributed by atoms with Crippen molar-refractivity contribution in [3.05, 3.63) is 28.8 Å². The third kappa shape index (κ3) is 6.67. The lowest BCUT2D eigenvalue weighted by Gasteiger charge is -2.21. The van der Waals surface area contributed by atoms with Crippen LogP contribution in [0.25, 0.3) is 0 Å². The minimum Gasteiger partial charge on any atom is -0.346 e. The van der Waals surface area contributed by atoms with E-state index in [9.17, 15) is 18.4 Å². The van der Waals surface area contributed by atoms with Crippen LogP contribution in [0.1, 0.15) is 31.1 Å². The van der Waals surface area contributed by atoms with Gasteiger partial charge in [0.15, 0.2) is 0 Å². The third-order valence-electron chi connectivity index (χ3n) is 2.76. The lowest BCUT2D eigenvalue weighted by molar-refractivity contribution is 0.0118. The van der Waals surface area contributed by atoms with Gasteiger partial charge in [0.2, 0.25) is 0 Å². The Kier molecular flexibility index (Phi) is 6.50. The molecule has 0 bridgehead atoms. The molecule has 0 atom stereocenters. The Hall–Kier alpha value is -1.93. The molecule has 0 unspecified atom stereocenters. The van der Waals surface area contributed by atoms with Gasteiger partial charge in [-0.25, -0.2) is 13.6 Å². The molecule has 5 N–H and O–H groups in total. The molecule has 24 heavy (non-hydrogen) atoms. The van der Waals surface area contributed by atoms with Crippen molar-refractivity contribution in [2.24, 2.45) is 5.73 Å². The van der Waals surface area contributed by atoms with E-state index in [1.165, 1.54) is 18.2 Å². The molecule has 6 nitrogen and oxygen atoms in total. The Bertz CT molecular complexity index is 618. The fourth-order valence-electron chi connectivity index (χ4n) is 1.66. The van der Waals surface area contributed by atoms with E-state index < -0.39 is 36.5 Å². The molecule has 0 aromatic heterocycles. The minimum atomic E-state index is -3.20. The predicted octanol–water partition coefficient (Wildman–Crippen LogP) is 2.58. The van der Waals surface area contributed by atoms with Crippen LogP contribution in [0.4, 0.5) is 19.3 Å². The number of nitrogens with two attached hydrogens (primary N) is 1. The molecule has 0 saturated carbocycles. The summed E-state index contributed by atoms with van der Waals surface area (Å²) in [5.74, 6) is -3.99. The van der Waals surface area contributed by atoms with Crippen molar-refractivity contribution in [1.29, 1.82) is 0 Å². The van der Waals surface area contributed by atoms with Crippen LogP contribution in [0.15, 0.2) is 18.2 Å². The van der Waals surface area contributed by atoms with Gasteiger partial charge in [-0.3, -0.25) is 4.79 Å². The van der Waals surface area contributed by atoms with Gasteiger partial charge in [0, 0.05) is 11.2 Å². The Morgan fingerprint density at radius 3 is 2.42 bits per heavy atom. The second-order valence-electron chi connectivity index (χ2n) is 6.27. The molecule has 0 heterocycles. The number of halogens is 3. The molecule has 0 saturated heterocycles. The summed E-state index contributed by atoms with van der Waals surface area (Å²) >= 11 is 5.92. The maximum Gasteiger partial charge on any atom is 0.319 e. The normalized spacial score (nSPS) is 11.8. The maximum absolute atomic E-state index is 13.1. The summed E-state index contributed by atoms with van der Waals surface area (Å²) in [6.45, 7) is 3.65. The average Bonchev–Trinajstić information content (AvgIpc) is 2.45. The van der Waals surface area contributed by atoms with E-state index in [1.54, 1.807) is 0 Å². The van der Waals surface area contributed by atoms with E-state index in [1.807, 2.05) is 20.8 Å². The van der Waals surface area contributed by atoms with Crippen molar-refractivity contribution in [3.8, 4) is 0 Å². The predicted molar refractivity (Wildman–Crippen MR) is 89.7 cm³/mol. The molecule has 0 spiro atoms. The number of urea groups is 1. The molecule has 1 rings (SSSR count). The van der Waals surface area contributed by atoms with Gasteiger partial charge in [0.1, 0.15) is 0 Å². The number of hydrogen-bond donors (Lipinski definition) is 4.